The first kappa shape index (κ1) is 14.8. The minimum Gasteiger partial charge on any atom is -0.445 e. The van der Waals surface area contributed by atoms with Crippen LogP contribution in [0.2, 0.25) is 0 Å². The molecule has 1 radical (unpaired) electrons. The minimum atomic E-state index is -0.351. The number of rotatable bonds is 3. The van der Waals surface area contributed by atoms with Crippen LogP contribution in [0.15, 0.2) is 60.3 Å². The summed E-state index contributed by atoms with van der Waals surface area (Å²) in [5.74, 6) is 0. The van der Waals surface area contributed by atoms with Crippen molar-refractivity contribution < 1.29 is 9.53 Å². The number of ether oxygens (including phenoxy) is 1. The molecular weight excluding hydrogens is 300 g/mol. The van der Waals surface area contributed by atoms with Gasteiger partial charge in [-0.25, -0.2) is 4.79 Å². The molecule has 4 nitrogen and oxygen atoms in total. The van der Waals surface area contributed by atoms with E-state index in [9.17, 15) is 4.79 Å². The first-order valence-corrected chi connectivity index (χ1v) is 8.30. The summed E-state index contributed by atoms with van der Waals surface area (Å²) < 4.78 is 5.32. The molecule has 2 aliphatic rings. The first-order chi connectivity index (χ1) is 11.8. The number of hydrogen-bond donors (Lipinski definition) is 1. The summed E-state index contributed by atoms with van der Waals surface area (Å²) in [7, 11) is 0. The van der Waals surface area contributed by atoms with Crippen molar-refractivity contribution in [2.75, 3.05) is 0 Å². The average molecular weight is 319 g/mol. The number of hydrogen-bond acceptors (Lipinski definition) is 2. The Labute approximate surface area is 141 Å². The Morgan fingerprint density at radius 2 is 1.92 bits per heavy atom. The number of benzene rings is 2. The molecule has 0 bridgehead atoms. The lowest BCUT2D eigenvalue weighted by atomic mass is 9.90. The van der Waals surface area contributed by atoms with Gasteiger partial charge in [0, 0.05) is 17.3 Å². The van der Waals surface area contributed by atoms with E-state index in [4.69, 9.17) is 10.1 Å². The third-order valence-corrected chi connectivity index (χ3v) is 4.55. The molecule has 2 aromatic carbocycles. The number of alkyl carbamates (subject to hydrolysis) is 1. The normalized spacial score (nSPS) is 18.4. The van der Waals surface area contributed by atoms with Crippen molar-refractivity contribution in [2.24, 2.45) is 0 Å². The highest BCUT2D eigenvalue weighted by atomic mass is 16.5. The molecule has 0 fully saturated rings. The van der Waals surface area contributed by atoms with E-state index in [-0.39, 0.29) is 12.1 Å². The van der Waals surface area contributed by atoms with E-state index in [0.717, 1.165) is 30.5 Å². The third kappa shape index (κ3) is 3.00. The van der Waals surface area contributed by atoms with Gasteiger partial charge >= 0.3 is 6.09 Å². The predicted molar refractivity (Wildman–Crippen MR) is 92.6 cm³/mol. The van der Waals surface area contributed by atoms with Crippen LogP contribution in [-0.4, -0.2) is 12.1 Å². The van der Waals surface area contributed by atoms with Crippen molar-refractivity contribution in [3.05, 3.63) is 71.4 Å². The second-order valence-electron chi connectivity index (χ2n) is 6.20. The van der Waals surface area contributed by atoms with E-state index < -0.39 is 0 Å². The van der Waals surface area contributed by atoms with Crippen LogP contribution in [0.4, 0.5) is 10.5 Å². The van der Waals surface area contributed by atoms with Gasteiger partial charge in [-0.3, -0.25) is 5.32 Å². The molecule has 1 aliphatic heterocycles. The lowest BCUT2D eigenvalue weighted by Crippen LogP contribution is -2.36. The average Bonchev–Trinajstić information content (AvgIpc) is 2.99. The molecule has 4 rings (SSSR count). The maximum Gasteiger partial charge on any atom is 0.407 e. The topological polar surface area (TPSA) is 52.4 Å². The fraction of sp³-hybridized carbons (Fsp3) is 0.250. The van der Waals surface area contributed by atoms with Crippen molar-refractivity contribution >= 4 is 17.4 Å². The zero-order valence-electron chi connectivity index (χ0n) is 13.4. The number of nitrogens with one attached hydrogen (secondary N) is 1. The summed E-state index contributed by atoms with van der Waals surface area (Å²) in [6.07, 6.45) is 2.26. The van der Waals surface area contributed by atoms with Crippen molar-refractivity contribution in [1.29, 1.82) is 0 Å². The van der Waals surface area contributed by atoms with Crippen molar-refractivity contribution in [2.45, 2.75) is 31.9 Å². The molecule has 0 spiro atoms. The van der Waals surface area contributed by atoms with Gasteiger partial charge in [0.25, 0.3) is 0 Å². The van der Waals surface area contributed by atoms with Crippen LogP contribution >= 0.6 is 0 Å². The SMILES string of the molecule is O=C(NC1CCC2=C(C1)c1ccccc1[N]2)OCc1ccccc1. The van der Waals surface area contributed by atoms with Gasteiger partial charge in [0.2, 0.25) is 0 Å². The number of carbonyl (C=O) groups is 1. The molecule has 2 aromatic rings. The highest BCUT2D eigenvalue weighted by molar-refractivity contribution is 5.83. The molecule has 0 saturated heterocycles. The Kier molecular flexibility index (Phi) is 3.95. The zero-order valence-corrected chi connectivity index (χ0v) is 13.4. The summed E-state index contributed by atoms with van der Waals surface area (Å²) in [5.41, 5.74) is 5.69. The number of allylic oxidation sites excluding steroid dienone is 1. The van der Waals surface area contributed by atoms with Crippen LogP contribution in [0.3, 0.4) is 0 Å². The molecule has 1 amide bonds. The molecule has 1 N–H and O–H groups in total. The summed E-state index contributed by atoms with van der Waals surface area (Å²) in [5, 5.41) is 7.69. The van der Waals surface area contributed by atoms with Crippen LogP contribution in [0.5, 0.6) is 0 Å². The summed E-state index contributed by atoms with van der Waals surface area (Å²) >= 11 is 0. The monoisotopic (exact) mass is 319 g/mol. The van der Waals surface area contributed by atoms with E-state index >= 15 is 0 Å². The molecule has 0 saturated carbocycles. The smallest absolute Gasteiger partial charge is 0.407 e. The minimum absolute atomic E-state index is 0.105. The molecule has 1 heterocycles. The quantitative estimate of drug-likeness (QED) is 0.925. The van der Waals surface area contributed by atoms with E-state index in [1.54, 1.807) is 0 Å². The van der Waals surface area contributed by atoms with Crippen LogP contribution in [-0.2, 0) is 11.3 Å². The van der Waals surface area contributed by atoms with Gasteiger partial charge in [-0.15, -0.1) is 0 Å². The van der Waals surface area contributed by atoms with Gasteiger partial charge in [-0.05, 0) is 36.5 Å². The molecule has 4 heteroatoms. The maximum absolute atomic E-state index is 12.0. The van der Waals surface area contributed by atoms with E-state index in [1.807, 2.05) is 48.5 Å². The second kappa shape index (κ2) is 6.40. The Hall–Kier alpha value is -2.75. The molecule has 0 aromatic heterocycles. The summed E-state index contributed by atoms with van der Waals surface area (Å²) in [6.45, 7) is 0.297. The first-order valence-electron chi connectivity index (χ1n) is 8.30. The van der Waals surface area contributed by atoms with Crippen LogP contribution in [0.1, 0.15) is 30.4 Å². The number of fused-ring (bicyclic) bond motifs is 2. The summed E-state index contributed by atoms with van der Waals surface area (Å²) in [4.78, 5) is 12.0. The number of para-hydroxylation sites is 1. The van der Waals surface area contributed by atoms with E-state index in [0.29, 0.717) is 6.61 Å². The fourth-order valence-electron chi connectivity index (χ4n) is 3.34. The number of carbonyl (C=O) groups excluding carboxylic acids is 1. The van der Waals surface area contributed by atoms with Crippen LogP contribution < -0.4 is 10.6 Å². The molecule has 1 atom stereocenters. The van der Waals surface area contributed by atoms with Gasteiger partial charge < -0.3 is 10.1 Å². The highest BCUT2D eigenvalue weighted by Crippen LogP contribution is 2.41. The largest absolute Gasteiger partial charge is 0.445 e. The van der Waals surface area contributed by atoms with E-state index in [1.165, 1.54) is 16.8 Å². The molecule has 1 aliphatic carbocycles. The maximum atomic E-state index is 12.0. The summed E-state index contributed by atoms with van der Waals surface area (Å²) in [6, 6.07) is 18.0. The molecule has 1 unspecified atom stereocenters. The standard InChI is InChI=1S/C20H19N2O2/c23-20(24-13-14-6-2-1-3-7-14)21-15-10-11-19-17(12-15)16-8-4-5-9-18(16)22-19/h1-9,15H,10-13H2,(H,21,23). The second-order valence-corrected chi connectivity index (χ2v) is 6.20. The van der Waals surface area contributed by atoms with Gasteiger partial charge in [0.15, 0.2) is 0 Å². The van der Waals surface area contributed by atoms with Gasteiger partial charge in [0.05, 0.1) is 5.69 Å². The predicted octanol–water partition coefficient (Wildman–Crippen LogP) is 4.13. The van der Waals surface area contributed by atoms with Gasteiger partial charge in [-0.2, -0.15) is 0 Å². The Bertz CT molecular complexity index is 783. The lowest BCUT2D eigenvalue weighted by molar-refractivity contribution is 0.135. The zero-order chi connectivity index (χ0) is 16.4. The fourth-order valence-corrected chi connectivity index (χ4v) is 3.34. The van der Waals surface area contributed by atoms with Crippen molar-refractivity contribution in [3.63, 3.8) is 0 Å². The molecular formula is C20H19N2O2. The van der Waals surface area contributed by atoms with Crippen LogP contribution in [0.25, 0.3) is 5.57 Å². The van der Waals surface area contributed by atoms with Gasteiger partial charge in [-0.1, -0.05) is 48.5 Å². The molecule has 24 heavy (non-hydrogen) atoms. The molecule has 121 valence electrons. The van der Waals surface area contributed by atoms with Crippen molar-refractivity contribution in [1.82, 2.24) is 10.6 Å². The highest BCUT2D eigenvalue weighted by Gasteiger charge is 2.30. The Balaban J connectivity index is 1.35. The number of nitrogens with zero attached hydrogens (tertiary/aromatic N) is 1. The van der Waals surface area contributed by atoms with Crippen molar-refractivity contribution in [3.8, 4) is 0 Å². The Morgan fingerprint density at radius 3 is 2.79 bits per heavy atom. The lowest BCUT2D eigenvalue weighted by Gasteiger charge is -2.24. The van der Waals surface area contributed by atoms with Crippen LogP contribution in [0, 0.1) is 0 Å². The third-order valence-electron chi connectivity index (χ3n) is 4.55. The number of amides is 1. The van der Waals surface area contributed by atoms with Gasteiger partial charge in [0.1, 0.15) is 6.61 Å². The Morgan fingerprint density at radius 1 is 1.12 bits per heavy atom. The van der Waals surface area contributed by atoms with E-state index in [2.05, 4.69) is 11.4 Å².